The zero-order chi connectivity index (χ0) is 21.0. The summed E-state index contributed by atoms with van der Waals surface area (Å²) in [5, 5.41) is 3.57. The summed E-state index contributed by atoms with van der Waals surface area (Å²) in [6.07, 6.45) is 1.27. The predicted molar refractivity (Wildman–Crippen MR) is 112 cm³/mol. The molecule has 152 valence electrons. The Morgan fingerprint density at radius 3 is 2.62 bits per heavy atom. The number of fused-ring (bicyclic) bond motifs is 1. The van der Waals surface area contributed by atoms with Crippen molar-refractivity contribution in [1.82, 2.24) is 4.98 Å². The molecule has 0 bridgehead atoms. The smallest absolute Gasteiger partial charge is 0.339 e. The van der Waals surface area contributed by atoms with Crippen LogP contribution >= 0.6 is 11.3 Å². The Labute approximate surface area is 172 Å². The monoisotopic (exact) mass is 414 g/mol. The second kappa shape index (κ2) is 8.91. The maximum absolute atomic E-state index is 12.9. The van der Waals surface area contributed by atoms with Gasteiger partial charge in [-0.05, 0) is 51.1 Å². The number of methoxy groups -OCH3 is 1. The molecule has 0 aliphatic rings. The molecule has 3 rings (SSSR count). The number of benzene rings is 1. The maximum atomic E-state index is 12.9. The van der Waals surface area contributed by atoms with Gasteiger partial charge in [0.2, 0.25) is 0 Å². The molecule has 0 saturated heterocycles. The van der Waals surface area contributed by atoms with Crippen molar-refractivity contribution in [1.29, 1.82) is 0 Å². The van der Waals surface area contributed by atoms with Crippen molar-refractivity contribution in [2.24, 2.45) is 0 Å². The van der Waals surface area contributed by atoms with Gasteiger partial charge >= 0.3 is 5.97 Å². The quantitative estimate of drug-likeness (QED) is 0.572. The molecule has 2 aromatic heterocycles. The lowest BCUT2D eigenvalue weighted by molar-refractivity contribution is 0.0526. The highest BCUT2D eigenvalue weighted by atomic mass is 32.1. The molecule has 3 aromatic rings. The Morgan fingerprint density at radius 1 is 1.21 bits per heavy atom. The summed E-state index contributed by atoms with van der Waals surface area (Å²) in [6.45, 7) is 5.83. The van der Waals surface area contributed by atoms with Crippen molar-refractivity contribution in [2.75, 3.05) is 19.0 Å². The second-order valence-corrected chi connectivity index (χ2v) is 7.45. The number of hydrogen-bond donors (Lipinski definition) is 1. The molecular formula is C21H22N2O5S. The van der Waals surface area contributed by atoms with Crippen molar-refractivity contribution in [2.45, 2.75) is 26.9 Å². The lowest BCUT2D eigenvalue weighted by Crippen LogP contribution is -2.15. The van der Waals surface area contributed by atoms with Crippen LogP contribution in [0.4, 0.5) is 5.82 Å². The molecule has 29 heavy (non-hydrogen) atoms. The van der Waals surface area contributed by atoms with Gasteiger partial charge in [0.25, 0.3) is 5.91 Å². The number of carbonyl (C=O) groups excluding carboxylic acids is 2. The first-order chi connectivity index (χ1) is 13.9. The molecule has 0 fully saturated rings. The van der Waals surface area contributed by atoms with Gasteiger partial charge in [-0.25, -0.2) is 9.78 Å². The SMILES string of the molecule is CCOC(=O)c1ccc(NC(=O)c2sc3ccc(OC)cc3c2OC(C)C)nc1. The van der Waals surface area contributed by atoms with E-state index in [1.54, 1.807) is 26.2 Å². The molecule has 0 radical (unpaired) electrons. The first-order valence-corrected chi connectivity index (χ1v) is 9.96. The number of anilines is 1. The molecule has 2 heterocycles. The summed E-state index contributed by atoms with van der Waals surface area (Å²) in [5.41, 5.74) is 0.322. The zero-order valence-corrected chi connectivity index (χ0v) is 17.5. The summed E-state index contributed by atoms with van der Waals surface area (Å²) in [4.78, 5) is 29.2. The number of rotatable bonds is 7. The topological polar surface area (TPSA) is 86.8 Å². The average Bonchev–Trinajstić information content (AvgIpc) is 3.06. The van der Waals surface area contributed by atoms with E-state index >= 15 is 0 Å². The third kappa shape index (κ3) is 4.65. The Balaban J connectivity index is 1.89. The van der Waals surface area contributed by atoms with E-state index in [-0.39, 0.29) is 18.6 Å². The van der Waals surface area contributed by atoms with E-state index in [9.17, 15) is 9.59 Å². The minimum Gasteiger partial charge on any atom is -0.497 e. The van der Waals surface area contributed by atoms with Crippen LogP contribution in [0.5, 0.6) is 11.5 Å². The van der Waals surface area contributed by atoms with Crippen molar-refractivity contribution >= 4 is 39.1 Å². The van der Waals surface area contributed by atoms with Crippen molar-refractivity contribution in [3.05, 3.63) is 47.0 Å². The van der Waals surface area contributed by atoms with Gasteiger partial charge in [0, 0.05) is 16.3 Å². The number of nitrogens with zero attached hydrogens (tertiary/aromatic N) is 1. The molecule has 0 aliphatic carbocycles. The molecule has 0 atom stereocenters. The lowest BCUT2D eigenvalue weighted by Gasteiger charge is -2.11. The van der Waals surface area contributed by atoms with E-state index in [4.69, 9.17) is 14.2 Å². The summed E-state index contributed by atoms with van der Waals surface area (Å²) in [6, 6.07) is 8.71. The molecule has 0 aliphatic heterocycles. The zero-order valence-electron chi connectivity index (χ0n) is 16.6. The molecule has 0 spiro atoms. The summed E-state index contributed by atoms with van der Waals surface area (Å²) >= 11 is 1.33. The van der Waals surface area contributed by atoms with Crippen LogP contribution in [0.1, 0.15) is 40.8 Å². The second-order valence-electron chi connectivity index (χ2n) is 6.40. The molecule has 1 N–H and O–H groups in total. The van der Waals surface area contributed by atoms with Crippen molar-refractivity contribution in [3.8, 4) is 11.5 Å². The summed E-state index contributed by atoms with van der Waals surface area (Å²) in [5.74, 6) is 0.737. The van der Waals surface area contributed by atoms with E-state index in [1.807, 2.05) is 32.0 Å². The molecule has 8 heteroatoms. The van der Waals surface area contributed by atoms with Gasteiger partial charge in [0.1, 0.15) is 16.4 Å². The Hall–Kier alpha value is -3.13. The van der Waals surface area contributed by atoms with Crippen LogP contribution < -0.4 is 14.8 Å². The van der Waals surface area contributed by atoms with Crippen LogP contribution in [-0.2, 0) is 4.74 Å². The number of pyridine rings is 1. The first kappa shape index (κ1) is 20.6. The van der Waals surface area contributed by atoms with E-state index in [0.717, 1.165) is 10.1 Å². The third-order valence-corrected chi connectivity index (χ3v) is 5.08. The average molecular weight is 414 g/mol. The van der Waals surface area contributed by atoms with Crippen LogP contribution in [0.25, 0.3) is 10.1 Å². The van der Waals surface area contributed by atoms with Gasteiger partial charge in [0.15, 0.2) is 5.75 Å². The van der Waals surface area contributed by atoms with E-state index in [0.29, 0.717) is 27.8 Å². The van der Waals surface area contributed by atoms with Gasteiger partial charge in [-0.3, -0.25) is 4.79 Å². The Morgan fingerprint density at radius 2 is 2.00 bits per heavy atom. The first-order valence-electron chi connectivity index (χ1n) is 9.14. The van der Waals surface area contributed by atoms with Crippen LogP contribution in [0, 0.1) is 0 Å². The molecule has 7 nitrogen and oxygen atoms in total. The van der Waals surface area contributed by atoms with Crippen LogP contribution in [0.15, 0.2) is 36.5 Å². The molecule has 1 amide bonds. The van der Waals surface area contributed by atoms with Gasteiger partial charge in [-0.1, -0.05) is 0 Å². The van der Waals surface area contributed by atoms with Crippen LogP contribution in [-0.4, -0.2) is 36.7 Å². The predicted octanol–water partition coefficient (Wildman–Crippen LogP) is 4.52. The minimum atomic E-state index is -0.455. The number of ether oxygens (including phenoxy) is 3. The fourth-order valence-electron chi connectivity index (χ4n) is 2.66. The fraction of sp³-hybridized carbons (Fsp3) is 0.286. The van der Waals surface area contributed by atoms with E-state index in [2.05, 4.69) is 10.3 Å². The van der Waals surface area contributed by atoms with Crippen molar-refractivity contribution in [3.63, 3.8) is 0 Å². The number of carbonyl (C=O) groups is 2. The van der Waals surface area contributed by atoms with E-state index < -0.39 is 5.97 Å². The largest absolute Gasteiger partial charge is 0.497 e. The lowest BCUT2D eigenvalue weighted by atomic mass is 10.2. The van der Waals surface area contributed by atoms with Gasteiger partial charge in [0.05, 0.1) is 25.4 Å². The highest BCUT2D eigenvalue weighted by Gasteiger charge is 2.22. The number of nitrogens with one attached hydrogen (secondary N) is 1. The summed E-state index contributed by atoms with van der Waals surface area (Å²) < 4.78 is 17.1. The number of thiophene rings is 1. The number of hydrogen-bond acceptors (Lipinski definition) is 7. The normalized spacial score (nSPS) is 10.8. The Bertz CT molecular complexity index is 1030. The minimum absolute atomic E-state index is 0.104. The molecule has 1 aromatic carbocycles. The van der Waals surface area contributed by atoms with Crippen LogP contribution in [0.3, 0.4) is 0 Å². The third-order valence-electron chi connectivity index (χ3n) is 3.93. The highest BCUT2D eigenvalue weighted by molar-refractivity contribution is 7.21. The Kier molecular flexibility index (Phi) is 6.33. The number of esters is 1. The van der Waals surface area contributed by atoms with Gasteiger partial charge in [-0.2, -0.15) is 0 Å². The van der Waals surface area contributed by atoms with Gasteiger partial charge < -0.3 is 19.5 Å². The van der Waals surface area contributed by atoms with Crippen molar-refractivity contribution < 1.29 is 23.8 Å². The molecule has 0 saturated carbocycles. The molecule has 0 unspecified atom stereocenters. The fourth-order valence-corrected chi connectivity index (χ4v) is 3.67. The van der Waals surface area contributed by atoms with Crippen LogP contribution in [0.2, 0.25) is 0 Å². The standard InChI is InChI=1S/C21H22N2O5S/c1-5-27-21(25)13-6-9-17(22-11-13)23-20(24)19-18(28-12(2)3)15-10-14(26-4)7-8-16(15)29-19/h6-12H,5H2,1-4H3,(H,22,23,24). The maximum Gasteiger partial charge on any atom is 0.339 e. The number of aromatic nitrogens is 1. The van der Waals surface area contributed by atoms with Gasteiger partial charge in [-0.15, -0.1) is 11.3 Å². The summed E-state index contributed by atoms with van der Waals surface area (Å²) in [7, 11) is 1.59. The highest BCUT2D eigenvalue weighted by Crippen LogP contribution is 2.40. The number of amides is 1. The molecular weight excluding hydrogens is 392 g/mol. The van der Waals surface area contributed by atoms with E-state index in [1.165, 1.54) is 17.5 Å².